The van der Waals surface area contributed by atoms with Crippen LogP contribution in [0.2, 0.25) is 0 Å². The summed E-state index contributed by atoms with van der Waals surface area (Å²) < 4.78 is 35.9. The maximum atomic E-state index is 15.5. The van der Waals surface area contributed by atoms with Crippen LogP contribution in [0.5, 0.6) is 5.75 Å². The highest BCUT2D eigenvalue weighted by Crippen LogP contribution is 2.43. The number of pyridine rings is 2. The largest absolute Gasteiger partial charge is 0.494 e. The van der Waals surface area contributed by atoms with Gasteiger partial charge in [0.25, 0.3) is 5.91 Å². The molecule has 0 atom stereocenters. The number of nitrogens with zero attached hydrogens (tertiary/aromatic N) is 5. The lowest BCUT2D eigenvalue weighted by atomic mass is 9.67. The molecule has 5 rings (SSSR count). The second kappa shape index (κ2) is 9.94. The number of benzene rings is 1. The van der Waals surface area contributed by atoms with Gasteiger partial charge in [-0.15, -0.1) is 0 Å². The van der Waals surface area contributed by atoms with Crippen LogP contribution in [0.15, 0.2) is 36.7 Å². The van der Waals surface area contributed by atoms with Crippen LogP contribution in [0.3, 0.4) is 0 Å². The number of carbonyl (C=O) groups is 2. The van der Waals surface area contributed by atoms with Gasteiger partial charge in [0.15, 0.2) is 17.4 Å². The molecule has 0 saturated heterocycles. The predicted molar refractivity (Wildman–Crippen MR) is 140 cm³/mol. The lowest BCUT2D eigenvalue weighted by Gasteiger charge is -2.37. The fourth-order valence-electron chi connectivity index (χ4n) is 5.04. The molecule has 1 N–H and O–H groups in total. The molecule has 200 valence electrons. The zero-order valence-corrected chi connectivity index (χ0v) is 21.7. The quantitative estimate of drug-likeness (QED) is 0.493. The Morgan fingerprint density at radius 1 is 1.21 bits per heavy atom. The van der Waals surface area contributed by atoms with Gasteiger partial charge in [-0.25, -0.2) is 13.6 Å². The molecular formula is C28H26F2N6O3. The molecule has 0 bridgehead atoms. The van der Waals surface area contributed by atoms with Gasteiger partial charge in [-0.05, 0) is 50.5 Å². The number of fused-ring (bicyclic) bond motifs is 1. The van der Waals surface area contributed by atoms with Crippen molar-refractivity contribution in [1.29, 1.82) is 5.26 Å². The number of hydrogen-bond donors (Lipinski definition) is 1. The first-order valence-corrected chi connectivity index (χ1v) is 12.5. The first-order chi connectivity index (χ1) is 18.8. The van der Waals surface area contributed by atoms with Gasteiger partial charge >= 0.3 is 6.03 Å². The summed E-state index contributed by atoms with van der Waals surface area (Å²) in [6.07, 6.45) is 5.79. The van der Waals surface area contributed by atoms with Crippen molar-refractivity contribution in [1.82, 2.24) is 15.3 Å². The van der Waals surface area contributed by atoms with E-state index in [0.29, 0.717) is 22.5 Å². The molecule has 1 aliphatic heterocycles. The Labute approximate surface area is 224 Å². The van der Waals surface area contributed by atoms with E-state index in [4.69, 9.17) is 4.74 Å². The van der Waals surface area contributed by atoms with Crippen LogP contribution in [0.25, 0.3) is 11.3 Å². The summed E-state index contributed by atoms with van der Waals surface area (Å²) in [5, 5.41) is 11.9. The summed E-state index contributed by atoms with van der Waals surface area (Å²) in [6.45, 7) is 1.78. The number of rotatable bonds is 6. The van der Waals surface area contributed by atoms with E-state index in [1.807, 2.05) is 12.1 Å². The molecule has 0 spiro atoms. The molecule has 1 saturated carbocycles. The average Bonchev–Trinajstić information content (AvgIpc) is 2.93. The third kappa shape index (κ3) is 4.12. The minimum atomic E-state index is -1.17. The Bertz CT molecular complexity index is 1520. The lowest BCUT2D eigenvalue weighted by Crippen LogP contribution is -2.48. The molecule has 2 aliphatic rings. The Balaban J connectivity index is 1.53. The fourth-order valence-corrected chi connectivity index (χ4v) is 5.04. The topological polar surface area (TPSA) is 111 Å². The zero-order chi connectivity index (χ0) is 27.9. The molecule has 39 heavy (non-hydrogen) atoms. The standard InChI is InChI=1S/C28H26F2N6O3/c1-4-35-20-11-19(16-6-7-22(34-12-16)28(15-31)8-5-9-28)33-13-17(20)14-36(27(35)38)25-23(29)18(26(37)32-2)10-21(39-3)24(25)30/h6-7,10-13H,4-5,8-9,14H2,1-3H3,(H,32,37). The molecule has 0 radical (unpaired) electrons. The molecule has 11 heteroatoms. The van der Waals surface area contributed by atoms with Crippen LogP contribution in [0.1, 0.15) is 47.8 Å². The molecule has 1 fully saturated rings. The number of hydrogen-bond acceptors (Lipinski definition) is 6. The van der Waals surface area contributed by atoms with Gasteiger partial charge in [-0.2, -0.15) is 5.26 Å². The molecule has 3 amide bonds. The van der Waals surface area contributed by atoms with E-state index in [2.05, 4.69) is 21.4 Å². The summed E-state index contributed by atoms with van der Waals surface area (Å²) in [4.78, 5) is 37.2. The van der Waals surface area contributed by atoms with Crippen molar-refractivity contribution in [2.45, 2.75) is 38.1 Å². The van der Waals surface area contributed by atoms with Gasteiger partial charge in [0.05, 0.1) is 47.8 Å². The SMILES string of the molecule is CCN1C(=O)N(c2c(F)c(OC)cc(C(=O)NC)c2F)Cc2cnc(-c3ccc(C4(C#N)CCC4)nc3)cc21. The monoisotopic (exact) mass is 532 g/mol. The van der Waals surface area contributed by atoms with Crippen LogP contribution in [-0.4, -0.2) is 42.6 Å². The van der Waals surface area contributed by atoms with Gasteiger partial charge in [-0.1, -0.05) is 0 Å². The van der Waals surface area contributed by atoms with Crippen molar-refractivity contribution in [2.24, 2.45) is 0 Å². The average molecular weight is 533 g/mol. The van der Waals surface area contributed by atoms with Crippen LogP contribution in [-0.2, 0) is 12.0 Å². The molecule has 9 nitrogen and oxygen atoms in total. The summed E-state index contributed by atoms with van der Waals surface area (Å²) in [5.74, 6) is -3.41. The van der Waals surface area contributed by atoms with Gasteiger partial charge in [-0.3, -0.25) is 24.6 Å². The number of methoxy groups -OCH3 is 1. The van der Waals surface area contributed by atoms with E-state index in [9.17, 15) is 14.9 Å². The summed E-state index contributed by atoms with van der Waals surface area (Å²) >= 11 is 0. The van der Waals surface area contributed by atoms with Gasteiger partial charge in [0.2, 0.25) is 0 Å². The lowest BCUT2D eigenvalue weighted by molar-refractivity contribution is 0.0958. The summed E-state index contributed by atoms with van der Waals surface area (Å²) in [7, 11) is 2.51. The van der Waals surface area contributed by atoms with E-state index in [1.165, 1.54) is 19.1 Å². The van der Waals surface area contributed by atoms with Crippen molar-refractivity contribution in [3.63, 3.8) is 0 Å². The van der Waals surface area contributed by atoms with E-state index in [0.717, 1.165) is 35.9 Å². The van der Waals surface area contributed by atoms with E-state index < -0.39 is 40.2 Å². The van der Waals surface area contributed by atoms with E-state index in [-0.39, 0.29) is 18.8 Å². The molecule has 3 heterocycles. The molecule has 3 aromatic rings. The maximum Gasteiger partial charge on any atom is 0.329 e. The van der Waals surface area contributed by atoms with Crippen LogP contribution < -0.4 is 19.9 Å². The number of ether oxygens (including phenoxy) is 1. The van der Waals surface area contributed by atoms with Gasteiger partial charge in [0, 0.05) is 37.1 Å². The third-order valence-electron chi connectivity index (χ3n) is 7.44. The van der Waals surface area contributed by atoms with Crippen LogP contribution >= 0.6 is 0 Å². The highest BCUT2D eigenvalue weighted by atomic mass is 19.1. The second-order valence-electron chi connectivity index (χ2n) is 9.47. The first kappa shape index (κ1) is 26.0. The number of halogens is 2. The number of anilines is 2. The predicted octanol–water partition coefficient (Wildman–Crippen LogP) is 4.70. The number of urea groups is 1. The second-order valence-corrected chi connectivity index (χ2v) is 9.47. The third-order valence-corrected chi connectivity index (χ3v) is 7.44. The van der Waals surface area contributed by atoms with Crippen molar-refractivity contribution in [3.05, 3.63) is 65.1 Å². The molecule has 0 unspecified atom stereocenters. The Morgan fingerprint density at radius 2 is 1.97 bits per heavy atom. The minimum absolute atomic E-state index is 0.173. The minimum Gasteiger partial charge on any atom is -0.494 e. The molecular weight excluding hydrogens is 506 g/mol. The highest BCUT2D eigenvalue weighted by Gasteiger charge is 2.40. The van der Waals surface area contributed by atoms with Crippen molar-refractivity contribution in [3.8, 4) is 23.1 Å². The first-order valence-electron chi connectivity index (χ1n) is 12.5. The molecule has 1 aliphatic carbocycles. The zero-order valence-electron chi connectivity index (χ0n) is 21.7. The summed E-state index contributed by atoms with van der Waals surface area (Å²) in [6, 6.07) is 8.11. The Morgan fingerprint density at radius 3 is 2.54 bits per heavy atom. The van der Waals surface area contributed by atoms with Crippen LogP contribution in [0.4, 0.5) is 25.0 Å². The molecule has 2 aromatic heterocycles. The maximum absolute atomic E-state index is 15.5. The van der Waals surface area contributed by atoms with E-state index in [1.54, 1.807) is 25.4 Å². The van der Waals surface area contributed by atoms with Crippen molar-refractivity contribution in [2.75, 3.05) is 30.5 Å². The van der Waals surface area contributed by atoms with Gasteiger partial charge < -0.3 is 10.1 Å². The number of aromatic nitrogens is 2. The Kier molecular flexibility index (Phi) is 6.64. The number of amides is 3. The normalized spacial score (nSPS) is 15.7. The number of nitriles is 1. The summed E-state index contributed by atoms with van der Waals surface area (Å²) in [5.41, 5.74) is 1.47. The smallest absolute Gasteiger partial charge is 0.329 e. The number of carbonyl (C=O) groups excluding carboxylic acids is 2. The highest BCUT2D eigenvalue weighted by molar-refractivity contribution is 6.07. The Hall–Kier alpha value is -4.59. The molecule has 1 aromatic carbocycles. The fraction of sp³-hybridized carbons (Fsp3) is 0.321. The number of nitrogens with one attached hydrogen (secondary N) is 1. The van der Waals surface area contributed by atoms with Gasteiger partial charge in [0.1, 0.15) is 5.69 Å². The van der Waals surface area contributed by atoms with Crippen molar-refractivity contribution >= 4 is 23.3 Å². The van der Waals surface area contributed by atoms with E-state index >= 15 is 8.78 Å². The van der Waals surface area contributed by atoms with Crippen LogP contribution in [0, 0.1) is 23.0 Å². The van der Waals surface area contributed by atoms with Crippen molar-refractivity contribution < 1.29 is 23.1 Å².